The van der Waals surface area contributed by atoms with Gasteiger partial charge in [0, 0.05) is 12.3 Å². The molecular formula is C6H14N2. The fourth-order valence-electron chi connectivity index (χ4n) is 0.460. The average Bonchev–Trinajstić information content (AvgIpc) is 2.24. The van der Waals surface area contributed by atoms with Gasteiger partial charge in [0.1, 0.15) is 0 Å². The molecule has 0 radical (unpaired) electrons. The Labute approximate surface area is 51.0 Å². The number of aliphatic imine (C=N–C) groups is 1. The van der Waals surface area contributed by atoms with Gasteiger partial charge in [0.25, 0.3) is 0 Å². The molecule has 1 N–H and O–H groups in total. The van der Waals surface area contributed by atoms with E-state index < -0.39 is 0 Å². The maximum absolute atomic E-state index is 3.93. The average molecular weight is 114 g/mol. The van der Waals surface area contributed by atoms with Gasteiger partial charge in [-0.3, -0.25) is 10.3 Å². The fourth-order valence-corrected chi connectivity index (χ4v) is 0.460. The standard InChI is InChI=1S/C4H8N2.C2H6/c1-4-2-5-3-6-4;1-2/h2,4,6H,3H2,1H3;1-2H3. The van der Waals surface area contributed by atoms with Crippen LogP contribution in [0.15, 0.2) is 4.99 Å². The third kappa shape index (κ3) is 2.75. The van der Waals surface area contributed by atoms with Crippen molar-refractivity contribution in [2.75, 3.05) is 6.67 Å². The van der Waals surface area contributed by atoms with E-state index in [-0.39, 0.29) is 0 Å². The zero-order valence-electron chi connectivity index (χ0n) is 5.81. The van der Waals surface area contributed by atoms with Crippen LogP contribution in [-0.4, -0.2) is 18.9 Å². The first kappa shape index (κ1) is 7.63. The molecular weight excluding hydrogens is 100 g/mol. The normalized spacial score (nSPS) is 24.6. The maximum atomic E-state index is 3.93. The number of nitrogens with zero attached hydrogens (tertiary/aromatic N) is 1. The van der Waals surface area contributed by atoms with Gasteiger partial charge >= 0.3 is 0 Å². The summed E-state index contributed by atoms with van der Waals surface area (Å²) in [5.74, 6) is 0. The fraction of sp³-hybridized carbons (Fsp3) is 0.833. The molecule has 0 aromatic rings. The quantitative estimate of drug-likeness (QED) is 0.500. The van der Waals surface area contributed by atoms with E-state index in [1.54, 1.807) is 0 Å². The third-order valence-electron chi connectivity index (χ3n) is 0.834. The molecule has 0 aromatic carbocycles. The largest absolute Gasteiger partial charge is 0.291 e. The van der Waals surface area contributed by atoms with Crippen molar-refractivity contribution in [1.82, 2.24) is 5.32 Å². The lowest BCUT2D eigenvalue weighted by Crippen LogP contribution is -2.19. The lowest BCUT2D eigenvalue weighted by molar-refractivity contribution is 0.730. The van der Waals surface area contributed by atoms with E-state index in [0.717, 1.165) is 6.67 Å². The van der Waals surface area contributed by atoms with Gasteiger partial charge < -0.3 is 0 Å². The molecule has 1 aliphatic heterocycles. The molecule has 0 spiro atoms. The van der Waals surface area contributed by atoms with Gasteiger partial charge in [-0.05, 0) is 6.92 Å². The minimum atomic E-state index is 0.505. The Kier molecular flexibility index (Phi) is 4.56. The summed E-state index contributed by atoms with van der Waals surface area (Å²) in [4.78, 5) is 3.93. The van der Waals surface area contributed by atoms with Crippen molar-refractivity contribution in [3.05, 3.63) is 0 Å². The Bertz CT molecular complexity index is 68.9. The third-order valence-corrected chi connectivity index (χ3v) is 0.834. The molecule has 2 nitrogen and oxygen atoms in total. The van der Waals surface area contributed by atoms with E-state index in [2.05, 4.69) is 17.2 Å². The molecule has 1 heterocycles. The van der Waals surface area contributed by atoms with Crippen molar-refractivity contribution in [2.24, 2.45) is 4.99 Å². The summed E-state index contributed by atoms with van der Waals surface area (Å²) in [6, 6.07) is 0.505. The molecule has 0 saturated carbocycles. The molecule has 8 heavy (non-hydrogen) atoms. The lowest BCUT2D eigenvalue weighted by atomic mass is 10.4. The highest BCUT2D eigenvalue weighted by molar-refractivity contribution is 5.65. The monoisotopic (exact) mass is 114 g/mol. The number of rotatable bonds is 0. The van der Waals surface area contributed by atoms with E-state index in [1.165, 1.54) is 0 Å². The minimum absolute atomic E-state index is 0.505. The van der Waals surface area contributed by atoms with Crippen LogP contribution >= 0.6 is 0 Å². The number of hydrogen-bond acceptors (Lipinski definition) is 2. The predicted octanol–water partition coefficient (Wildman–Crippen LogP) is 1.03. The molecule has 1 rings (SSSR count). The Morgan fingerprint density at radius 3 is 2.38 bits per heavy atom. The molecule has 1 aliphatic rings. The van der Waals surface area contributed by atoms with Crippen LogP contribution in [0.3, 0.4) is 0 Å². The van der Waals surface area contributed by atoms with Crippen molar-refractivity contribution in [1.29, 1.82) is 0 Å². The lowest BCUT2D eigenvalue weighted by Gasteiger charge is -1.91. The van der Waals surface area contributed by atoms with Crippen LogP contribution in [0.2, 0.25) is 0 Å². The number of hydrogen-bond donors (Lipinski definition) is 1. The Balaban J connectivity index is 0.000000222. The maximum Gasteiger partial charge on any atom is 0.0886 e. The van der Waals surface area contributed by atoms with Crippen LogP contribution in [-0.2, 0) is 0 Å². The summed E-state index contributed by atoms with van der Waals surface area (Å²) in [6.07, 6.45) is 1.92. The van der Waals surface area contributed by atoms with E-state index in [4.69, 9.17) is 0 Å². The SMILES string of the molecule is CC.CC1C=NCN1. The highest BCUT2D eigenvalue weighted by atomic mass is 15.1. The zero-order valence-corrected chi connectivity index (χ0v) is 5.81. The van der Waals surface area contributed by atoms with Crippen LogP contribution in [0.5, 0.6) is 0 Å². The molecule has 1 unspecified atom stereocenters. The highest BCUT2D eigenvalue weighted by Gasteiger charge is 1.97. The number of nitrogens with one attached hydrogen (secondary N) is 1. The van der Waals surface area contributed by atoms with Gasteiger partial charge in [-0.1, -0.05) is 13.8 Å². The summed E-state index contributed by atoms with van der Waals surface area (Å²) in [5, 5.41) is 3.10. The van der Waals surface area contributed by atoms with Gasteiger partial charge in [0.2, 0.25) is 0 Å². The van der Waals surface area contributed by atoms with Gasteiger partial charge in [0.05, 0.1) is 6.67 Å². The summed E-state index contributed by atoms with van der Waals surface area (Å²) < 4.78 is 0. The van der Waals surface area contributed by atoms with E-state index in [1.807, 2.05) is 20.1 Å². The second-order valence-corrected chi connectivity index (χ2v) is 1.48. The molecule has 0 aliphatic carbocycles. The summed E-state index contributed by atoms with van der Waals surface area (Å²) in [5.41, 5.74) is 0. The Morgan fingerprint density at radius 1 is 1.62 bits per heavy atom. The van der Waals surface area contributed by atoms with Gasteiger partial charge in [-0.2, -0.15) is 0 Å². The first-order valence-corrected chi connectivity index (χ1v) is 3.13. The molecule has 0 saturated heterocycles. The van der Waals surface area contributed by atoms with Crippen LogP contribution in [0, 0.1) is 0 Å². The molecule has 0 bridgehead atoms. The second kappa shape index (κ2) is 4.78. The van der Waals surface area contributed by atoms with Crippen molar-refractivity contribution in [3.8, 4) is 0 Å². The van der Waals surface area contributed by atoms with Gasteiger partial charge in [-0.25, -0.2) is 0 Å². The van der Waals surface area contributed by atoms with Crippen LogP contribution in [0.4, 0.5) is 0 Å². The summed E-state index contributed by atoms with van der Waals surface area (Å²) >= 11 is 0. The molecule has 1 atom stereocenters. The molecule has 0 fully saturated rings. The Morgan fingerprint density at radius 2 is 2.25 bits per heavy atom. The van der Waals surface area contributed by atoms with Gasteiger partial charge in [-0.15, -0.1) is 0 Å². The minimum Gasteiger partial charge on any atom is -0.291 e. The van der Waals surface area contributed by atoms with Crippen LogP contribution in [0.25, 0.3) is 0 Å². The predicted molar refractivity (Wildman–Crippen MR) is 37.3 cm³/mol. The second-order valence-electron chi connectivity index (χ2n) is 1.48. The van der Waals surface area contributed by atoms with Crippen LogP contribution in [0.1, 0.15) is 20.8 Å². The molecule has 48 valence electrons. The highest BCUT2D eigenvalue weighted by Crippen LogP contribution is 1.81. The van der Waals surface area contributed by atoms with Crippen molar-refractivity contribution >= 4 is 6.21 Å². The van der Waals surface area contributed by atoms with Crippen molar-refractivity contribution in [2.45, 2.75) is 26.8 Å². The summed E-state index contributed by atoms with van der Waals surface area (Å²) in [6.45, 7) is 6.89. The van der Waals surface area contributed by atoms with Crippen molar-refractivity contribution < 1.29 is 0 Å². The molecule has 2 heteroatoms. The Hall–Kier alpha value is -0.370. The summed E-state index contributed by atoms with van der Waals surface area (Å²) in [7, 11) is 0. The van der Waals surface area contributed by atoms with Gasteiger partial charge in [0.15, 0.2) is 0 Å². The van der Waals surface area contributed by atoms with Crippen LogP contribution < -0.4 is 5.32 Å². The van der Waals surface area contributed by atoms with Crippen molar-refractivity contribution in [3.63, 3.8) is 0 Å². The van der Waals surface area contributed by atoms with E-state index in [0.29, 0.717) is 6.04 Å². The van der Waals surface area contributed by atoms with E-state index in [9.17, 15) is 0 Å². The zero-order chi connectivity index (χ0) is 6.41. The first-order chi connectivity index (χ1) is 3.89. The molecule has 0 aromatic heterocycles. The van der Waals surface area contributed by atoms with E-state index >= 15 is 0 Å². The topological polar surface area (TPSA) is 24.4 Å². The smallest absolute Gasteiger partial charge is 0.0886 e. The first-order valence-electron chi connectivity index (χ1n) is 3.13. The molecule has 0 amide bonds.